The van der Waals surface area contributed by atoms with E-state index in [1.165, 1.54) is 0 Å². The second-order valence-corrected chi connectivity index (χ2v) is 15.2. The van der Waals surface area contributed by atoms with Gasteiger partial charge in [0, 0.05) is 17.5 Å². The highest BCUT2D eigenvalue weighted by Gasteiger charge is 2.51. The van der Waals surface area contributed by atoms with Crippen LogP contribution in [0, 0.1) is 0 Å². The lowest BCUT2D eigenvalue weighted by Crippen LogP contribution is -2.51. The summed E-state index contributed by atoms with van der Waals surface area (Å²) >= 11 is 0. The monoisotopic (exact) mass is 623 g/mol. The lowest BCUT2D eigenvalue weighted by Gasteiger charge is -2.43. The minimum absolute atomic E-state index is 0.322. The number of hydrogen-bond donors (Lipinski definition) is 0. The quantitative estimate of drug-likeness (QED) is 0.273. The van der Waals surface area contributed by atoms with Gasteiger partial charge >= 0.3 is 13.2 Å². The molecule has 1 amide bonds. The van der Waals surface area contributed by atoms with Gasteiger partial charge in [-0.25, -0.2) is 4.79 Å². The molecule has 1 unspecified atom stereocenters. The zero-order chi connectivity index (χ0) is 33.4. The number of amides is 1. The Kier molecular flexibility index (Phi) is 7.64. The van der Waals surface area contributed by atoms with Gasteiger partial charge in [-0.3, -0.25) is 4.90 Å². The number of benzene rings is 3. The first-order valence-corrected chi connectivity index (χ1v) is 16.1. The topological polar surface area (TPSA) is 66.5 Å². The van der Waals surface area contributed by atoms with E-state index < -0.39 is 29.5 Å². The van der Waals surface area contributed by atoms with Gasteiger partial charge in [0.1, 0.15) is 23.2 Å². The fourth-order valence-electron chi connectivity index (χ4n) is 6.78. The van der Waals surface area contributed by atoms with E-state index in [1.54, 1.807) is 12.0 Å². The summed E-state index contributed by atoms with van der Waals surface area (Å²) in [7, 11) is 1.26. The summed E-state index contributed by atoms with van der Waals surface area (Å²) in [5.41, 5.74) is 5.90. The van der Waals surface area contributed by atoms with Crippen molar-refractivity contribution in [2.75, 3.05) is 12.0 Å². The number of methoxy groups -OCH3 is 1. The summed E-state index contributed by atoms with van der Waals surface area (Å²) in [5.74, 6) is 1.51. The van der Waals surface area contributed by atoms with Gasteiger partial charge in [-0.05, 0) is 110 Å². The number of hydrogen-bond acceptors (Lipinski definition) is 6. The van der Waals surface area contributed by atoms with Gasteiger partial charge < -0.3 is 23.5 Å². The Labute approximate surface area is 274 Å². The molecule has 1 fully saturated rings. The number of carbonyl (C=O) groups excluding carboxylic acids is 1. The first-order chi connectivity index (χ1) is 21.4. The van der Waals surface area contributed by atoms with E-state index >= 15 is 0 Å². The van der Waals surface area contributed by atoms with E-state index in [9.17, 15) is 4.79 Å². The molecule has 0 aliphatic carbocycles. The van der Waals surface area contributed by atoms with Gasteiger partial charge in [-0.1, -0.05) is 42.5 Å². The molecule has 0 N–H and O–H groups in total. The minimum Gasteiger partial charge on any atom is -0.496 e. The van der Waals surface area contributed by atoms with Gasteiger partial charge in [0.05, 0.1) is 35.1 Å². The maximum Gasteiger partial charge on any atom is 0.494 e. The van der Waals surface area contributed by atoms with Crippen molar-refractivity contribution in [3.05, 3.63) is 77.4 Å². The largest absolute Gasteiger partial charge is 0.496 e. The van der Waals surface area contributed by atoms with Crippen LogP contribution < -0.4 is 19.8 Å². The number of anilines is 1. The predicted molar refractivity (Wildman–Crippen MR) is 184 cm³/mol. The Morgan fingerprint density at radius 1 is 0.913 bits per heavy atom. The SMILES string of the molecule is COc1cccc2c1-c1ccc3c(c1C(Cc1ccc(B4OC(C)(C)C(C)(C)O4)cc1)O2)C(C)=CC(C)(C)N3C(=O)OC(C)(C)C. The second-order valence-electron chi connectivity index (χ2n) is 15.2. The third-order valence-corrected chi connectivity index (χ3v) is 9.58. The van der Waals surface area contributed by atoms with Gasteiger partial charge in [0.2, 0.25) is 0 Å². The van der Waals surface area contributed by atoms with Gasteiger partial charge in [0.25, 0.3) is 0 Å². The van der Waals surface area contributed by atoms with Crippen LogP contribution in [0.4, 0.5) is 10.5 Å². The summed E-state index contributed by atoms with van der Waals surface area (Å²) in [5, 5.41) is 0. The molecular weight excluding hydrogens is 577 g/mol. The molecule has 0 aromatic heterocycles. The fraction of sp³-hybridized carbons (Fsp3) is 0.447. The predicted octanol–water partition coefficient (Wildman–Crippen LogP) is 8.27. The van der Waals surface area contributed by atoms with Crippen LogP contribution in [0.2, 0.25) is 0 Å². The zero-order valence-electron chi connectivity index (χ0n) is 29.0. The Morgan fingerprint density at radius 2 is 1.57 bits per heavy atom. The molecule has 0 bridgehead atoms. The van der Waals surface area contributed by atoms with Crippen molar-refractivity contribution in [1.82, 2.24) is 0 Å². The molecule has 3 aromatic rings. The number of carbonyl (C=O) groups is 1. The van der Waals surface area contributed by atoms with E-state index in [1.807, 2.05) is 58.9 Å². The molecule has 7 nitrogen and oxygen atoms in total. The van der Waals surface area contributed by atoms with Crippen molar-refractivity contribution >= 4 is 29.9 Å². The van der Waals surface area contributed by atoms with E-state index in [4.69, 9.17) is 23.5 Å². The molecule has 0 spiro atoms. The van der Waals surface area contributed by atoms with E-state index in [-0.39, 0.29) is 12.2 Å². The summed E-state index contributed by atoms with van der Waals surface area (Å²) in [6.45, 7) is 20.1. The summed E-state index contributed by atoms with van der Waals surface area (Å²) < 4.78 is 31.2. The van der Waals surface area contributed by atoms with E-state index in [2.05, 4.69) is 71.0 Å². The molecule has 3 aliphatic rings. The molecule has 6 rings (SSSR count). The lowest BCUT2D eigenvalue weighted by molar-refractivity contribution is 0.00578. The van der Waals surface area contributed by atoms with Crippen LogP contribution in [0.25, 0.3) is 16.7 Å². The molecule has 3 heterocycles. The number of ether oxygens (including phenoxy) is 3. The van der Waals surface area contributed by atoms with Crippen molar-refractivity contribution in [2.45, 2.75) is 104 Å². The summed E-state index contributed by atoms with van der Waals surface area (Å²) in [6, 6.07) is 18.4. The Balaban J connectivity index is 1.44. The minimum atomic E-state index is -0.637. The molecular formula is C38H46BNO6. The molecule has 1 saturated heterocycles. The molecule has 46 heavy (non-hydrogen) atoms. The van der Waals surface area contributed by atoms with Crippen LogP contribution in [0.1, 0.15) is 92.0 Å². The van der Waals surface area contributed by atoms with Crippen LogP contribution in [0.5, 0.6) is 11.5 Å². The molecule has 3 aromatic carbocycles. The molecule has 8 heteroatoms. The number of allylic oxidation sites excluding steroid dienone is 1. The van der Waals surface area contributed by atoms with Gasteiger partial charge in [-0.2, -0.15) is 0 Å². The molecule has 1 atom stereocenters. The standard InChI is InChI=1S/C38H46BNO6/c1-23-22-36(5,6)40(34(41)44-35(2,3)4)27-20-19-26-32-28(42-11)13-12-14-29(32)43-30(33(26)31(23)27)21-24-15-17-25(18-16-24)39-45-37(7,8)38(9,10)46-39/h12-20,22,30H,21H2,1-11H3. The van der Waals surface area contributed by atoms with Crippen LogP contribution in [-0.2, 0) is 20.5 Å². The molecule has 242 valence electrons. The van der Waals surface area contributed by atoms with Gasteiger partial charge in [-0.15, -0.1) is 0 Å². The highest BCUT2D eigenvalue weighted by atomic mass is 16.7. The van der Waals surface area contributed by atoms with Crippen LogP contribution in [-0.4, -0.2) is 42.7 Å². The second kappa shape index (κ2) is 10.9. The average Bonchev–Trinajstić information content (AvgIpc) is 3.17. The number of rotatable bonds is 4. The zero-order valence-corrected chi connectivity index (χ0v) is 29.0. The summed E-state index contributed by atoms with van der Waals surface area (Å²) in [6.07, 6.45) is 2.06. The summed E-state index contributed by atoms with van der Waals surface area (Å²) in [4.78, 5) is 15.5. The molecule has 0 saturated carbocycles. The third kappa shape index (κ3) is 5.49. The van der Waals surface area contributed by atoms with Crippen molar-refractivity contribution in [3.8, 4) is 22.6 Å². The van der Waals surface area contributed by atoms with Crippen LogP contribution >= 0.6 is 0 Å². The smallest absolute Gasteiger partial charge is 0.494 e. The molecule has 3 aliphatic heterocycles. The highest BCUT2D eigenvalue weighted by Crippen LogP contribution is 2.53. The lowest BCUT2D eigenvalue weighted by atomic mass is 9.78. The first kappa shape index (κ1) is 32.2. The van der Waals surface area contributed by atoms with Crippen molar-refractivity contribution in [1.29, 1.82) is 0 Å². The number of fused-ring (bicyclic) bond motifs is 5. The van der Waals surface area contributed by atoms with E-state index in [0.29, 0.717) is 6.42 Å². The number of nitrogens with zero attached hydrogens (tertiary/aromatic N) is 1. The van der Waals surface area contributed by atoms with E-state index in [0.717, 1.165) is 56.0 Å². The Morgan fingerprint density at radius 3 is 2.17 bits per heavy atom. The van der Waals surface area contributed by atoms with Crippen LogP contribution in [0.3, 0.4) is 0 Å². The third-order valence-electron chi connectivity index (χ3n) is 9.58. The van der Waals surface area contributed by atoms with Crippen molar-refractivity contribution < 1.29 is 28.3 Å². The Bertz CT molecular complexity index is 1700. The highest BCUT2D eigenvalue weighted by molar-refractivity contribution is 6.62. The average molecular weight is 624 g/mol. The molecule has 0 radical (unpaired) electrons. The first-order valence-electron chi connectivity index (χ1n) is 16.1. The van der Waals surface area contributed by atoms with Crippen molar-refractivity contribution in [2.24, 2.45) is 0 Å². The van der Waals surface area contributed by atoms with Crippen molar-refractivity contribution in [3.63, 3.8) is 0 Å². The fourth-order valence-corrected chi connectivity index (χ4v) is 6.78. The Hall–Kier alpha value is -3.75. The normalized spacial score (nSPS) is 20.6. The van der Waals surface area contributed by atoms with Crippen LogP contribution in [0.15, 0.2) is 60.7 Å². The maximum atomic E-state index is 13.8. The van der Waals surface area contributed by atoms with Gasteiger partial charge in [0.15, 0.2) is 0 Å². The maximum absolute atomic E-state index is 13.8.